The number of hydrogen-bond donors (Lipinski definition) is 1. The second-order valence-electron chi connectivity index (χ2n) is 9.42. The highest BCUT2D eigenvalue weighted by atomic mass is 16.5. The number of carbonyl (C=O) groups is 1. The normalized spacial score (nSPS) is 24.4. The number of piperidine rings is 1. The zero-order chi connectivity index (χ0) is 22.2. The maximum absolute atomic E-state index is 10.7. The van der Waals surface area contributed by atoms with E-state index in [1.54, 1.807) is 0 Å². The SMILES string of the molecule is O=C(O)CC/C=C\CC[C@H]1[C@@H](OCc2ccc3ccccc3c2)CC[C@@H]1N1CCCCC1. The first-order valence-corrected chi connectivity index (χ1v) is 12.4. The van der Waals surface area contributed by atoms with Gasteiger partial charge in [0.1, 0.15) is 0 Å². The Kier molecular flexibility index (Phi) is 8.36. The molecule has 1 N–H and O–H groups in total. The van der Waals surface area contributed by atoms with Gasteiger partial charge < -0.3 is 14.7 Å². The molecule has 2 aliphatic rings. The molecule has 0 unspecified atom stereocenters. The zero-order valence-electron chi connectivity index (χ0n) is 19.1. The predicted molar refractivity (Wildman–Crippen MR) is 130 cm³/mol. The van der Waals surface area contributed by atoms with E-state index in [0.717, 1.165) is 19.3 Å². The van der Waals surface area contributed by atoms with Crippen molar-refractivity contribution in [1.29, 1.82) is 0 Å². The molecule has 2 aromatic carbocycles. The van der Waals surface area contributed by atoms with E-state index in [2.05, 4.69) is 53.4 Å². The Morgan fingerprint density at radius 2 is 1.78 bits per heavy atom. The van der Waals surface area contributed by atoms with Crippen molar-refractivity contribution in [2.45, 2.75) is 76.5 Å². The third-order valence-corrected chi connectivity index (χ3v) is 7.21. The van der Waals surface area contributed by atoms with E-state index in [4.69, 9.17) is 9.84 Å². The Bertz CT molecular complexity index is 902. The monoisotopic (exact) mass is 435 g/mol. The minimum atomic E-state index is -0.724. The molecular formula is C28H37NO3. The van der Waals surface area contributed by atoms with Crippen LogP contribution in [0.3, 0.4) is 0 Å². The van der Waals surface area contributed by atoms with Crippen molar-refractivity contribution >= 4 is 16.7 Å². The van der Waals surface area contributed by atoms with Gasteiger partial charge in [-0.05, 0) is 80.4 Å². The fourth-order valence-electron chi connectivity index (χ4n) is 5.56. The number of nitrogens with zero attached hydrogens (tertiary/aromatic N) is 1. The molecule has 172 valence electrons. The average molecular weight is 436 g/mol. The molecular weight excluding hydrogens is 398 g/mol. The molecule has 2 fully saturated rings. The number of aliphatic carboxylic acids is 1. The van der Waals surface area contributed by atoms with Crippen LogP contribution in [0.4, 0.5) is 0 Å². The van der Waals surface area contributed by atoms with E-state index in [0.29, 0.717) is 31.1 Å². The molecule has 0 amide bonds. The van der Waals surface area contributed by atoms with Gasteiger partial charge in [0.2, 0.25) is 0 Å². The van der Waals surface area contributed by atoms with Gasteiger partial charge in [-0.15, -0.1) is 0 Å². The third kappa shape index (κ3) is 6.20. The van der Waals surface area contributed by atoms with Gasteiger partial charge in [0, 0.05) is 18.4 Å². The van der Waals surface area contributed by atoms with Gasteiger partial charge >= 0.3 is 5.97 Å². The average Bonchev–Trinajstić information content (AvgIpc) is 3.23. The maximum Gasteiger partial charge on any atom is 0.303 e. The maximum atomic E-state index is 10.7. The minimum absolute atomic E-state index is 0.216. The quantitative estimate of drug-likeness (QED) is 0.452. The topological polar surface area (TPSA) is 49.8 Å². The number of allylic oxidation sites excluding steroid dienone is 2. The number of rotatable bonds is 10. The number of carboxylic acid groups (broad SMARTS) is 1. The summed E-state index contributed by atoms with van der Waals surface area (Å²) in [6.45, 7) is 3.13. The third-order valence-electron chi connectivity index (χ3n) is 7.21. The summed E-state index contributed by atoms with van der Waals surface area (Å²) in [5.74, 6) is -0.171. The molecule has 1 aliphatic heterocycles. The van der Waals surface area contributed by atoms with E-state index in [-0.39, 0.29) is 6.42 Å². The van der Waals surface area contributed by atoms with E-state index in [1.165, 1.54) is 55.1 Å². The first-order chi connectivity index (χ1) is 15.7. The van der Waals surface area contributed by atoms with Crippen LogP contribution in [0.2, 0.25) is 0 Å². The lowest BCUT2D eigenvalue weighted by Crippen LogP contribution is -2.43. The van der Waals surface area contributed by atoms with Crippen molar-refractivity contribution in [3.8, 4) is 0 Å². The number of benzene rings is 2. The molecule has 0 aromatic heterocycles. The molecule has 1 aliphatic carbocycles. The molecule has 1 heterocycles. The highest BCUT2D eigenvalue weighted by Crippen LogP contribution is 2.37. The molecule has 0 radical (unpaired) electrons. The van der Waals surface area contributed by atoms with Crippen LogP contribution in [0.25, 0.3) is 10.8 Å². The number of ether oxygens (including phenoxy) is 1. The van der Waals surface area contributed by atoms with Crippen LogP contribution in [0.15, 0.2) is 54.6 Å². The van der Waals surface area contributed by atoms with Crippen molar-refractivity contribution in [2.24, 2.45) is 5.92 Å². The number of fused-ring (bicyclic) bond motifs is 1. The molecule has 0 bridgehead atoms. The van der Waals surface area contributed by atoms with Crippen LogP contribution in [-0.4, -0.2) is 41.2 Å². The molecule has 3 atom stereocenters. The van der Waals surface area contributed by atoms with E-state index >= 15 is 0 Å². The van der Waals surface area contributed by atoms with Crippen LogP contribution in [0.1, 0.15) is 63.4 Å². The fourth-order valence-corrected chi connectivity index (χ4v) is 5.56. The van der Waals surface area contributed by atoms with Gasteiger partial charge in [-0.3, -0.25) is 4.79 Å². The van der Waals surface area contributed by atoms with Gasteiger partial charge in [-0.25, -0.2) is 0 Å². The number of hydrogen-bond acceptors (Lipinski definition) is 3. The van der Waals surface area contributed by atoms with Crippen LogP contribution in [-0.2, 0) is 16.1 Å². The molecule has 2 aromatic rings. The van der Waals surface area contributed by atoms with E-state index in [1.807, 2.05) is 6.08 Å². The van der Waals surface area contributed by atoms with Crippen LogP contribution < -0.4 is 0 Å². The number of carboxylic acids is 1. The lowest BCUT2D eigenvalue weighted by atomic mass is 9.93. The van der Waals surface area contributed by atoms with Crippen LogP contribution in [0.5, 0.6) is 0 Å². The molecule has 1 saturated carbocycles. The van der Waals surface area contributed by atoms with Crippen molar-refractivity contribution in [3.05, 3.63) is 60.2 Å². The standard InChI is InChI=1S/C28H37NO3/c30-28(31)13-5-2-1-4-12-25-26(29-18-8-3-9-19-29)16-17-27(25)32-21-22-14-15-23-10-6-7-11-24(23)20-22/h1-2,6-7,10-11,14-15,20,25-27H,3-5,8-9,12-13,16-19,21H2,(H,30,31)/b2-1-/t25-,26+,27+/m1/s1. The Hall–Kier alpha value is -2.17. The summed E-state index contributed by atoms with van der Waals surface area (Å²) < 4.78 is 6.55. The highest BCUT2D eigenvalue weighted by molar-refractivity contribution is 5.82. The lowest BCUT2D eigenvalue weighted by molar-refractivity contribution is -0.136. The Balaban J connectivity index is 1.37. The largest absolute Gasteiger partial charge is 0.481 e. The molecule has 4 rings (SSSR count). The van der Waals surface area contributed by atoms with Gasteiger partial charge in [0.25, 0.3) is 0 Å². The summed E-state index contributed by atoms with van der Waals surface area (Å²) in [6.07, 6.45) is 13.9. The van der Waals surface area contributed by atoms with Gasteiger partial charge in [0.05, 0.1) is 12.7 Å². The molecule has 1 saturated heterocycles. The van der Waals surface area contributed by atoms with Crippen molar-refractivity contribution < 1.29 is 14.6 Å². The summed E-state index contributed by atoms with van der Waals surface area (Å²) in [5, 5.41) is 11.4. The van der Waals surface area contributed by atoms with Crippen molar-refractivity contribution in [2.75, 3.05) is 13.1 Å². The molecule has 4 nitrogen and oxygen atoms in total. The zero-order valence-corrected chi connectivity index (χ0v) is 19.1. The summed E-state index contributed by atoms with van der Waals surface area (Å²) in [5.41, 5.74) is 1.25. The van der Waals surface area contributed by atoms with Crippen LogP contribution in [0, 0.1) is 5.92 Å². The molecule has 4 heteroatoms. The predicted octanol–water partition coefficient (Wildman–Crippen LogP) is 6.19. The summed E-state index contributed by atoms with van der Waals surface area (Å²) >= 11 is 0. The minimum Gasteiger partial charge on any atom is -0.481 e. The lowest BCUT2D eigenvalue weighted by Gasteiger charge is -2.37. The summed E-state index contributed by atoms with van der Waals surface area (Å²) in [4.78, 5) is 13.4. The molecule has 32 heavy (non-hydrogen) atoms. The Labute approximate surface area is 192 Å². The Morgan fingerprint density at radius 1 is 1.00 bits per heavy atom. The second kappa shape index (κ2) is 11.6. The number of likely N-dealkylation sites (tertiary alicyclic amines) is 1. The van der Waals surface area contributed by atoms with E-state index < -0.39 is 5.97 Å². The smallest absolute Gasteiger partial charge is 0.303 e. The first-order valence-electron chi connectivity index (χ1n) is 12.4. The van der Waals surface area contributed by atoms with Crippen molar-refractivity contribution in [3.63, 3.8) is 0 Å². The van der Waals surface area contributed by atoms with Crippen LogP contribution >= 0.6 is 0 Å². The summed E-state index contributed by atoms with van der Waals surface area (Å²) in [6, 6.07) is 15.8. The second-order valence-corrected chi connectivity index (χ2v) is 9.42. The molecule has 0 spiro atoms. The van der Waals surface area contributed by atoms with Gasteiger partial charge in [-0.1, -0.05) is 55.0 Å². The van der Waals surface area contributed by atoms with Crippen molar-refractivity contribution in [1.82, 2.24) is 4.90 Å². The van der Waals surface area contributed by atoms with Gasteiger partial charge in [-0.2, -0.15) is 0 Å². The fraction of sp³-hybridized carbons (Fsp3) is 0.536. The first kappa shape index (κ1) is 23.0. The Morgan fingerprint density at radius 3 is 2.59 bits per heavy atom. The van der Waals surface area contributed by atoms with Gasteiger partial charge in [0.15, 0.2) is 0 Å². The summed E-state index contributed by atoms with van der Waals surface area (Å²) in [7, 11) is 0. The highest BCUT2D eigenvalue weighted by Gasteiger charge is 2.39. The van der Waals surface area contributed by atoms with E-state index in [9.17, 15) is 4.79 Å².